The van der Waals surface area contributed by atoms with Gasteiger partial charge < -0.3 is 16.0 Å². The fraction of sp³-hybridized carbons (Fsp3) is 0.611. The molecule has 4 nitrogen and oxygen atoms in total. The largest absolute Gasteiger partial charge is 0.370 e. The fourth-order valence-electron chi connectivity index (χ4n) is 3.58. The quantitative estimate of drug-likeness (QED) is 0.327. The van der Waals surface area contributed by atoms with E-state index in [0.717, 1.165) is 31.6 Å². The van der Waals surface area contributed by atoms with Crippen LogP contribution in [0.2, 0.25) is 0 Å². The number of benzene rings is 1. The summed E-state index contributed by atoms with van der Waals surface area (Å²) in [6.07, 6.45) is 8.72. The summed E-state index contributed by atoms with van der Waals surface area (Å²) in [5.41, 5.74) is 10.1. The van der Waals surface area contributed by atoms with Crippen LogP contribution in [0.3, 0.4) is 0 Å². The summed E-state index contributed by atoms with van der Waals surface area (Å²) >= 11 is 0. The molecule has 0 atom stereocenters. The molecular formula is C18H29IN4. The molecule has 1 aliphatic carbocycles. The number of nitrogens with zero attached hydrogens (tertiary/aromatic N) is 2. The lowest BCUT2D eigenvalue weighted by Crippen LogP contribution is -2.25. The van der Waals surface area contributed by atoms with Crippen molar-refractivity contribution in [3.63, 3.8) is 0 Å². The normalized spacial score (nSPS) is 18.3. The van der Waals surface area contributed by atoms with Crippen molar-refractivity contribution < 1.29 is 0 Å². The highest BCUT2D eigenvalue weighted by Gasteiger charge is 2.13. The van der Waals surface area contributed by atoms with Crippen molar-refractivity contribution in [2.75, 3.05) is 31.5 Å². The first-order chi connectivity index (χ1) is 10.8. The van der Waals surface area contributed by atoms with E-state index in [1.165, 1.54) is 56.3 Å². The van der Waals surface area contributed by atoms with Crippen molar-refractivity contribution >= 4 is 35.6 Å². The molecule has 2 aliphatic rings. The maximum atomic E-state index is 6.06. The van der Waals surface area contributed by atoms with Gasteiger partial charge in [-0.05, 0) is 81.8 Å². The van der Waals surface area contributed by atoms with Gasteiger partial charge in [-0.2, -0.15) is 0 Å². The maximum Gasteiger partial charge on any atom is 0.193 e. The van der Waals surface area contributed by atoms with E-state index < -0.39 is 0 Å². The molecule has 0 radical (unpaired) electrons. The highest BCUT2D eigenvalue weighted by molar-refractivity contribution is 14.0. The number of hydrogen-bond acceptors (Lipinski definition) is 2. The first-order valence-corrected chi connectivity index (χ1v) is 8.73. The third-order valence-corrected chi connectivity index (χ3v) is 4.77. The Morgan fingerprint density at radius 1 is 1.13 bits per heavy atom. The second-order valence-electron chi connectivity index (χ2n) is 6.44. The first kappa shape index (κ1) is 18.5. The van der Waals surface area contributed by atoms with Crippen LogP contribution in [0.15, 0.2) is 23.2 Å². The number of halogens is 1. The average Bonchev–Trinajstić information content (AvgIpc) is 3.05. The molecular weight excluding hydrogens is 399 g/mol. The molecule has 0 amide bonds. The topological polar surface area (TPSA) is 53.6 Å². The lowest BCUT2D eigenvalue weighted by Gasteiger charge is -2.19. The van der Waals surface area contributed by atoms with Gasteiger partial charge in [-0.25, -0.2) is 0 Å². The molecule has 0 unspecified atom stereocenters. The molecule has 3 N–H and O–H groups in total. The summed E-state index contributed by atoms with van der Waals surface area (Å²) < 4.78 is 0. The number of hydrogen-bond donors (Lipinski definition) is 2. The lowest BCUT2D eigenvalue weighted by molar-refractivity contribution is 0.336. The van der Waals surface area contributed by atoms with Crippen molar-refractivity contribution in [3.05, 3.63) is 29.3 Å². The van der Waals surface area contributed by atoms with E-state index in [0.29, 0.717) is 5.96 Å². The summed E-state index contributed by atoms with van der Waals surface area (Å²) in [6.45, 7) is 4.48. The Labute approximate surface area is 156 Å². The summed E-state index contributed by atoms with van der Waals surface area (Å²) in [4.78, 5) is 7.01. The Morgan fingerprint density at radius 3 is 2.74 bits per heavy atom. The van der Waals surface area contributed by atoms with Gasteiger partial charge in [0.15, 0.2) is 5.96 Å². The zero-order valence-electron chi connectivity index (χ0n) is 13.9. The van der Waals surface area contributed by atoms with Gasteiger partial charge in [-0.3, -0.25) is 4.99 Å². The Balaban J connectivity index is 0.00000192. The second kappa shape index (κ2) is 9.47. The highest BCUT2D eigenvalue weighted by atomic mass is 127. The van der Waals surface area contributed by atoms with E-state index in [4.69, 9.17) is 5.73 Å². The van der Waals surface area contributed by atoms with Crippen LogP contribution in [0.1, 0.15) is 43.2 Å². The first-order valence-electron chi connectivity index (χ1n) is 8.73. The third-order valence-electron chi connectivity index (χ3n) is 4.77. The molecule has 0 bridgehead atoms. The van der Waals surface area contributed by atoms with Gasteiger partial charge in [-0.15, -0.1) is 24.0 Å². The molecule has 5 heteroatoms. The Bertz CT molecular complexity index is 524. The highest BCUT2D eigenvalue weighted by Crippen LogP contribution is 2.27. The van der Waals surface area contributed by atoms with Gasteiger partial charge >= 0.3 is 0 Å². The van der Waals surface area contributed by atoms with E-state index in [9.17, 15) is 0 Å². The predicted molar refractivity (Wildman–Crippen MR) is 109 cm³/mol. The number of anilines is 1. The maximum absolute atomic E-state index is 6.06. The Kier molecular flexibility index (Phi) is 7.62. The predicted octanol–water partition coefficient (Wildman–Crippen LogP) is 3.40. The van der Waals surface area contributed by atoms with Crippen LogP contribution in [0.5, 0.6) is 0 Å². The molecule has 1 aliphatic heterocycles. The summed E-state index contributed by atoms with van der Waals surface area (Å²) in [6, 6.07) is 6.48. The third kappa shape index (κ3) is 5.35. The van der Waals surface area contributed by atoms with Crippen molar-refractivity contribution in [3.8, 4) is 0 Å². The molecule has 3 rings (SSSR count). The molecule has 0 aromatic heterocycles. The standard InChI is InChI=1S/C18H28N4.HI/c19-18(20-11-6-14-22-12-3-4-13-22)21-17-10-5-8-15-7-1-2-9-16(15)17;/h5,8,10H,1-4,6-7,9,11-14H2,(H3,19,20,21);1H. The van der Waals surface area contributed by atoms with E-state index in [1.807, 2.05) is 0 Å². The van der Waals surface area contributed by atoms with Crippen LogP contribution >= 0.6 is 24.0 Å². The smallest absolute Gasteiger partial charge is 0.193 e. The van der Waals surface area contributed by atoms with Crippen molar-refractivity contribution in [2.45, 2.75) is 44.9 Å². The van der Waals surface area contributed by atoms with Crippen LogP contribution in [0.4, 0.5) is 5.69 Å². The number of aliphatic imine (C=N–C) groups is 1. The summed E-state index contributed by atoms with van der Waals surface area (Å²) in [5.74, 6) is 0.556. The zero-order chi connectivity index (χ0) is 15.2. The molecule has 1 aromatic carbocycles. The van der Waals surface area contributed by atoms with Gasteiger partial charge in [0.1, 0.15) is 0 Å². The van der Waals surface area contributed by atoms with Crippen LogP contribution in [0.25, 0.3) is 0 Å². The van der Waals surface area contributed by atoms with Crippen LogP contribution in [-0.4, -0.2) is 37.0 Å². The average molecular weight is 428 g/mol. The molecule has 1 aromatic rings. The van der Waals surface area contributed by atoms with Gasteiger partial charge in [0, 0.05) is 12.2 Å². The molecule has 0 spiro atoms. The minimum Gasteiger partial charge on any atom is -0.370 e. The van der Waals surface area contributed by atoms with Gasteiger partial charge in [0.2, 0.25) is 0 Å². The number of fused-ring (bicyclic) bond motifs is 1. The summed E-state index contributed by atoms with van der Waals surface area (Å²) in [5, 5.41) is 3.31. The van der Waals surface area contributed by atoms with Crippen molar-refractivity contribution in [1.82, 2.24) is 4.90 Å². The number of nitrogens with two attached hydrogens (primary N) is 1. The van der Waals surface area contributed by atoms with E-state index in [-0.39, 0.29) is 24.0 Å². The van der Waals surface area contributed by atoms with Gasteiger partial charge in [0.05, 0.1) is 0 Å². The fourth-order valence-corrected chi connectivity index (χ4v) is 3.58. The number of nitrogens with one attached hydrogen (secondary N) is 1. The number of aryl methyl sites for hydroxylation is 1. The van der Waals surface area contributed by atoms with Gasteiger partial charge in [0.25, 0.3) is 0 Å². The van der Waals surface area contributed by atoms with E-state index in [2.05, 4.69) is 33.4 Å². The van der Waals surface area contributed by atoms with Crippen LogP contribution in [-0.2, 0) is 12.8 Å². The molecule has 0 saturated carbocycles. The lowest BCUT2D eigenvalue weighted by atomic mass is 9.90. The summed E-state index contributed by atoms with van der Waals surface area (Å²) in [7, 11) is 0. The van der Waals surface area contributed by atoms with Crippen LogP contribution < -0.4 is 11.1 Å². The Morgan fingerprint density at radius 2 is 1.91 bits per heavy atom. The number of guanidine groups is 1. The van der Waals surface area contributed by atoms with E-state index >= 15 is 0 Å². The number of likely N-dealkylation sites (tertiary alicyclic amines) is 1. The second-order valence-corrected chi connectivity index (χ2v) is 6.44. The minimum atomic E-state index is 0. The zero-order valence-corrected chi connectivity index (χ0v) is 16.2. The Hall–Kier alpha value is -0.820. The monoisotopic (exact) mass is 428 g/mol. The van der Waals surface area contributed by atoms with Crippen molar-refractivity contribution in [2.24, 2.45) is 10.7 Å². The SMILES string of the molecule is I.NC(=NCCCN1CCCC1)Nc1cccc2c1CCCC2. The molecule has 1 saturated heterocycles. The minimum absolute atomic E-state index is 0. The van der Waals surface area contributed by atoms with E-state index in [1.54, 1.807) is 0 Å². The molecule has 1 fully saturated rings. The van der Waals surface area contributed by atoms with Crippen molar-refractivity contribution in [1.29, 1.82) is 0 Å². The molecule has 1 heterocycles. The van der Waals surface area contributed by atoms with Crippen LogP contribution in [0, 0.1) is 0 Å². The van der Waals surface area contributed by atoms with Gasteiger partial charge in [-0.1, -0.05) is 12.1 Å². The molecule has 23 heavy (non-hydrogen) atoms. The molecule has 128 valence electrons. The number of rotatable bonds is 5.